The van der Waals surface area contributed by atoms with E-state index in [1.807, 2.05) is 0 Å². The fourth-order valence-electron chi connectivity index (χ4n) is 6.19. The molecule has 3 aromatic rings. The summed E-state index contributed by atoms with van der Waals surface area (Å²) < 4.78 is 58.1. The highest BCUT2D eigenvalue weighted by Crippen LogP contribution is 2.51. The van der Waals surface area contributed by atoms with Crippen LogP contribution in [0.15, 0.2) is 24.8 Å². The standard InChI is InChI=1S/C29H34F4N8O2/c30-28(31)8-5-18(6-9-28)24(39-26(43)25-34-15-35-41(25)13-16-1-2-16)21-14-40-10-7-20(36-27(40)37-21)23(17-3-4-17)38-22(42)11-19-12-29(19,32)33/h7,10,14-19,23-24H,1-6,8-9,11-13H2,(H,38,42)(H,39,43)/t19-,23-,24+/m1/s1. The van der Waals surface area contributed by atoms with Crippen molar-refractivity contribution in [1.29, 1.82) is 0 Å². The molecule has 10 nitrogen and oxygen atoms in total. The van der Waals surface area contributed by atoms with Gasteiger partial charge in [0.25, 0.3) is 11.8 Å². The Balaban J connectivity index is 1.13. The summed E-state index contributed by atoms with van der Waals surface area (Å²) >= 11 is 0. The SMILES string of the molecule is O=C(C[C@@H]1CC1(F)F)N[C@@H](c1ccn2cc([C@@H](NC(=O)c3ncnn3CC3CC3)C3CCC(F)(F)CC3)nc2n1)C1CC1. The summed E-state index contributed by atoms with van der Waals surface area (Å²) in [6.07, 6.45) is 8.19. The highest BCUT2D eigenvalue weighted by molar-refractivity contribution is 5.90. The van der Waals surface area contributed by atoms with E-state index in [4.69, 9.17) is 9.97 Å². The highest BCUT2D eigenvalue weighted by atomic mass is 19.3. The van der Waals surface area contributed by atoms with Gasteiger partial charge in [0.2, 0.25) is 23.4 Å². The van der Waals surface area contributed by atoms with Crippen molar-refractivity contribution in [3.05, 3.63) is 42.0 Å². The number of hydrogen-bond donors (Lipinski definition) is 2. The van der Waals surface area contributed by atoms with Crippen molar-refractivity contribution in [2.24, 2.45) is 23.7 Å². The molecule has 0 saturated heterocycles. The van der Waals surface area contributed by atoms with Crippen LogP contribution in [0.1, 0.15) is 98.3 Å². The minimum absolute atomic E-state index is 0.164. The van der Waals surface area contributed by atoms with Crippen LogP contribution in [0, 0.1) is 23.7 Å². The van der Waals surface area contributed by atoms with Crippen molar-refractivity contribution >= 4 is 17.6 Å². The second-order valence-electron chi connectivity index (χ2n) is 12.8. The molecule has 0 radical (unpaired) electrons. The molecular weight excluding hydrogens is 568 g/mol. The topological polar surface area (TPSA) is 119 Å². The number of fused-ring (bicyclic) bond motifs is 1. The van der Waals surface area contributed by atoms with Gasteiger partial charge < -0.3 is 10.6 Å². The molecule has 2 N–H and O–H groups in total. The predicted octanol–water partition coefficient (Wildman–Crippen LogP) is 4.64. The second kappa shape index (κ2) is 10.5. The van der Waals surface area contributed by atoms with E-state index in [1.165, 1.54) is 6.33 Å². The van der Waals surface area contributed by atoms with Crippen LogP contribution in [0.4, 0.5) is 17.6 Å². The van der Waals surface area contributed by atoms with Gasteiger partial charge in [-0.3, -0.25) is 14.0 Å². The van der Waals surface area contributed by atoms with Gasteiger partial charge in [-0.05, 0) is 62.3 Å². The first kappa shape index (κ1) is 28.2. The number of hydrogen-bond acceptors (Lipinski definition) is 6. The third-order valence-corrected chi connectivity index (χ3v) is 9.27. The molecule has 7 rings (SSSR count). The Morgan fingerprint density at radius 3 is 2.30 bits per heavy atom. The van der Waals surface area contributed by atoms with E-state index in [0.717, 1.165) is 25.7 Å². The van der Waals surface area contributed by atoms with E-state index >= 15 is 0 Å². The van der Waals surface area contributed by atoms with E-state index < -0.39 is 41.7 Å². The molecule has 14 heteroatoms. The number of carbonyl (C=O) groups excluding carboxylic acids is 2. The highest BCUT2D eigenvalue weighted by Gasteiger charge is 2.57. The zero-order valence-electron chi connectivity index (χ0n) is 23.6. The molecule has 0 aromatic carbocycles. The fraction of sp³-hybridized carbons (Fsp3) is 0.655. The molecule has 0 aliphatic heterocycles. The molecule has 4 fully saturated rings. The van der Waals surface area contributed by atoms with E-state index in [0.29, 0.717) is 29.6 Å². The van der Waals surface area contributed by atoms with Crippen molar-refractivity contribution in [1.82, 2.24) is 39.8 Å². The average molecular weight is 603 g/mol. The summed E-state index contributed by atoms with van der Waals surface area (Å²) in [5.74, 6) is -6.39. The Labute approximate surface area is 245 Å². The Kier molecular flexibility index (Phi) is 6.92. The van der Waals surface area contributed by atoms with E-state index in [1.54, 1.807) is 27.5 Å². The van der Waals surface area contributed by atoms with Crippen LogP contribution in [0.25, 0.3) is 5.78 Å². The summed E-state index contributed by atoms with van der Waals surface area (Å²) in [5, 5.41) is 10.1. The molecule has 2 amide bonds. The lowest BCUT2D eigenvalue weighted by atomic mass is 9.81. The third-order valence-electron chi connectivity index (χ3n) is 9.27. The molecule has 0 bridgehead atoms. The van der Waals surface area contributed by atoms with Crippen LogP contribution in [-0.2, 0) is 11.3 Å². The van der Waals surface area contributed by atoms with Gasteiger partial charge in [-0.2, -0.15) is 5.10 Å². The minimum Gasteiger partial charge on any atom is -0.347 e. The zero-order chi connectivity index (χ0) is 29.9. The summed E-state index contributed by atoms with van der Waals surface area (Å²) in [6.45, 7) is 0.603. The minimum atomic E-state index is -2.76. The molecule has 4 aliphatic carbocycles. The molecule has 3 aromatic heterocycles. The first-order valence-corrected chi connectivity index (χ1v) is 15.1. The first-order chi connectivity index (χ1) is 20.5. The molecule has 0 unspecified atom stereocenters. The smallest absolute Gasteiger partial charge is 0.289 e. The summed E-state index contributed by atoms with van der Waals surface area (Å²) in [4.78, 5) is 39.6. The maximum absolute atomic E-state index is 14.1. The molecule has 230 valence electrons. The lowest BCUT2D eigenvalue weighted by Gasteiger charge is -2.33. The maximum Gasteiger partial charge on any atom is 0.289 e. The summed E-state index contributed by atoms with van der Waals surface area (Å²) in [6, 6.07) is 0.695. The van der Waals surface area contributed by atoms with Crippen LogP contribution < -0.4 is 10.6 Å². The predicted molar refractivity (Wildman–Crippen MR) is 144 cm³/mol. The van der Waals surface area contributed by atoms with Gasteiger partial charge in [-0.25, -0.2) is 37.2 Å². The Bertz CT molecular complexity index is 1520. The second-order valence-corrected chi connectivity index (χ2v) is 12.8. The number of alkyl halides is 4. The van der Waals surface area contributed by atoms with E-state index in [2.05, 4.69) is 20.7 Å². The molecule has 4 aliphatic rings. The van der Waals surface area contributed by atoms with Gasteiger partial charge in [0.1, 0.15) is 6.33 Å². The maximum atomic E-state index is 14.1. The summed E-state index contributed by atoms with van der Waals surface area (Å²) in [5.41, 5.74) is 1.07. The molecule has 43 heavy (non-hydrogen) atoms. The number of rotatable bonds is 11. The van der Waals surface area contributed by atoms with Crippen molar-refractivity contribution in [3.8, 4) is 0 Å². The van der Waals surface area contributed by atoms with E-state index in [-0.39, 0.29) is 56.2 Å². The summed E-state index contributed by atoms with van der Waals surface area (Å²) in [7, 11) is 0. The fourth-order valence-corrected chi connectivity index (χ4v) is 6.19. The number of carbonyl (C=O) groups is 2. The lowest BCUT2D eigenvalue weighted by Crippen LogP contribution is -2.38. The van der Waals surface area contributed by atoms with Crippen molar-refractivity contribution in [2.45, 2.75) is 94.7 Å². The van der Waals surface area contributed by atoms with Crippen molar-refractivity contribution < 1.29 is 27.2 Å². The van der Waals surface area contributed by atoms with Crippen LogP contribution in [0.3, 0.4) is 0 Å². The Hall–Kier alpha value is -3.58. The van der Waals surface area contributed by atoms with Crippen LogP contribution in [0.2, 0.25) is 0 Å². The molecule has 4 saturated carbocycles. The van der Waals surface area contributed by atoms with Crippen LogP contribution >= 0.6 is 0 Å². The molecule has 0 spiro atoms. The first-order valence-electron chi connectivity index (χ1n) is 15.1. The number of amides is 2. The monoisotopic (exact) mass is 602 g/mol. The molecule has 3 atom stereocenters. The zero-order valence-corrected chi connectivity index (χ0v) is 23.6. The van der Waals surface area contributed by atoms with Gasteiger partial charge in [-0.1, -0.05) is 0 Å². The van der Waals surface area contributed by atoms with Crippen molar-refractivity contribution in [3.63, 3.8) is 0 Å². The third kappa shape index (κ3) is 6.23. The largest absolute Gasteiger partial charge is 0.347 e. The molecular formula is C29H34F4N8O2. The number of nitrogens with zero attached hydrogens (tertiary/aromatic N) is 6. The van der Waals surface area contributed by atoms with Gasteiger partial charge in [0.15, 0.2) is 0 Å². The van der Waals surface area contributed by atoms with Gasteiger partial charge in [-0.15, -0.1) is 0 Å². The van der Waals surface area contributed by atoms with Crippen LogP contribution in [0.5, 0.6) is 0 Å². The Morgan fingerprint density at radius 2 is 1.63 bits per heavy atom. The van der Waals surface area contributed by atoms with Crippen molar-refractivity contribution in [2.75, 3.05) is 0 Å². The lowest BCUT2D eigenvalue weighted by molar-refractivity contribution is -0.123. The van der Waals surface area contributed by atoms with Gasteiger partial charge >= 0.3 is 0 Å². The van der Waals surface area contributed by atoms with Gasteiger partial charge in [0, 0.05) is 50.5 Å². The number of imidazole rings is 1. The van der Waals surface area contributed by atoms with E-state index in [9.17, 15) is 27.2 Å². The normalized spacial score (nSPS) is 24.4. The van der Waals surface area contributed by atoms with Gasteiger partial charge in [0.05, 0.1) is 23.5 Å². The average Bonchev–Trinajstić information content (AvgIpc) is 3.91. The number of halogens is 4. The number of aromatic nitrogens is 6. The van der Waals surface area contributed by atoms with Crippen LogP contribution in [-0.4, -0.2) is 52.8 Å². The quantitative estimate of drug-likeness (QED) is 0.309. The molecule has 3 heterocycles. The Morgan fingerprint density at radius 1 is 0.953 bits per heavy atom. The number of nitrogens with one attached hydrogen (secondary N) is 2.